The molecular formula is C28H26N6OS2. The number of pyridine rings is 1. The van der Waals surface area contributed by atoms with Crippen LogP contribution in [0.3, 0.4) is 0 Å². The summed E-state index contributed by atoms with van der Waals surface area (Å²) in [6, 6.07) is 24.3. The highest BCUT2D eigenvalue weighted by Crippen LogP contribution is 2.28. The van der Waals surface area contributed by atoms with Crippen molar-refractivity contribution in [3.8, 4) is 5.69 Å². The zero-order valence-corrected chi connectivity index (χ0v) is 22.0. The van der Waals surface area contributed by atoms with Gasteiger partial charge in [-0.3, -0.25) is 14.3 Å². The minimum absolute atomic E-state index is 0.170. The Kier molecular flexibility index (Phi) is 8.02. The second-order valence-corrected chi connectivity index (χ2v) is 10.3. The van der Waals surface area contributed by atoms with Crippen molar-refractivity contribution in [2.45, 2.75) is 30.7 Å². The molecule has 0 fully saturated rings. The molecule has 0 saturated heterocycles. The Morgan fingerprint density at radius 1 is 1.00 bits per heavy atom. The lowest BCUT2D eigenvalue weighted by molar-refractivity contribution is 0.0949. The normalized spacial score (nSPS) is 10.9. The monoisotopic (exact) mass is 526 g/mol. The van der Waals surface area contributed by atoms with E-state index in [0.717, 1.165) is 32.9 Å². The summed E-state index contributed by atoms with van der Waals surface area (Å²) in [5.41, 5.74) is 4.78. The number of hydrogen-bond donors (Lipinski definition) is 1. The third-order valence-corrected chi connectivity index (χ3v) is 7.74. The number of aromatic nitrogens is 5. The average Bonchev–Trinajstić information content (AvgIpc) is 3.56. The van der Waals surface area contributed by atoms with Crippen LogP contribution in [-0.4, -0.2) is 37.2 Å². The molecule has 0 aliphatic rings. The maximum Gasteiger partial charge on any atom is 0.270 e. The topological polar surface area (TPSA) is 85.6 Å². The van der Waals surface area contributed by atoms with Crippen molar-refractivity contribution in [1.82, 2.24) is 30.0 Å². The van der Waals surface area contributed by atoms with Crippen LogP contribution in [-0.2, 0) is 18.6 Å². The number of thioether (sulfide) groups is 1. The number of thiazole rings is 1. The molecule has 1 N–H and O–H groups in total. The first-order valence-corrected chi connectivity index (χ1v) is 13.8. The van der Waals surface area contributed by atoms with Crippen LogP contribution in [0.4, 0.5) is 0 Å². The molecule has 5 rings (SSSR count). The smallest absolute Gasteiger partial charge is 0.270 e. The van der Waals surface area contributed by atoms with Gasteiger partial charge in [0.1, 0.15) is 16.5 Å². The lowest BCUT2D eigenvalue weighted by atomic mass is 10.1. The Morgan fingerprint density at radius 3 is 2.62 bits per heavy atom. The van der Waals surface area contributed by atoms with Crippen molar-refractivity contribution < 1.29 is 4.79 Å². The molecule has 37 heavy (non-hydrogen) atoms. The van der Waals surface area contributed by atoms with Crippen molar-refractivity contribution in [2.24, 2.45) is 0 Å². The van der Waals surface area contributed by atoms with E-state index in [9.17, 15) is 4.79 Å². The van der Waals surface area contributed by atoms with Gasteiger partial charge in [0.25, 0.3) is 5.91 Å². The van der Waals surface area contributed by atoms with Gasteiger partial charge >= 0.3 is 0 Å². The third-order valence-electron chi connectivity index (χ3n) is 5.76. The molecule has 2 aromatic carbocycles. The number of nitrogens with zero attached hydrogens (tertiary/aromatic N) is 5. The fourth-order valence-electron chi connectivity index (χ4n) is 3.89. The van der Waals surface area contributed by atoms with Crippen LogP contribution in [0.5, 0.6) is 0 Å². The predicted octanol–water partition coefficient (Wildman–Crippen LogP) is 5.28. The van der Waals surface area contributed by atoms with E-state index < -0.39 is 0 Å². The Morgan fingerprint density at radius 2 is 1.81 bits per heavy atom. The van der Waals surface area contributed by atoms with Gasteiger partial charge in [0, 0.05) is 36.7 Å². The fourth-order valence-corrected chi connectivity index (χ4v) is 5.65. The fraction of sp³-hybridized carbons (Fsp3) is 0.179. The summed E-state index contributed by atoms with van der Waals surface area (Å²) in [6.45, 7) is 2.61. The summed E-state index contributed by atoms with van der Waals surface area (Å²) in [7, 11) is 0. The highest BCUT2D eigenvalue weighted by Gasteiger charge is 2.18. The maximum absolute atomic E-state index is 12.6. The summed E-state index contributed by atoms with van der Waals surface area (Å²) in [5, 5.41) is 15.5. The number of rotatable bonds is 10. The first kappa shape index (κ1) is 24.9. The molecule has 0 unspecified atom stereocenters. The summed E-state index contributed by atoms with van der Waals surface area (Å²) < 4.78 is 2.13. The summed E-state index contributed by atoms with van der Waals surface area (Å²) in [4.78, 5) is 21.4. The van der Waals surface area contributed by atoms with Crippen molar-refractivity contribution >= 4 is 29.0 Å². The van der Waals surface area contributed by atoms with E-state index in [0.29, 0.717) is 30.8 Å². The first-order chi connectivity index (χ1) is 18.2. The molecule has 0 radical (unpaired) electrons. The Labute approximate surface area is 224 Å². The van der Waals surface area contributed by atoms with Crippen molar-refractivity contribution in [3.63, 3.8) is 0 Å². The van der Waals surface area contributed by atoms with Crippen LogP contribution in [0, 0.1) is 6.92 Å². The number of carbonyl (C=O) groups excluding carboxylic acids is 1. The van der Waals surface area contributed by atoms with E-state index >= 15 is 0 Å². The van der Waals surface area contributed by atoms with E-state index in [4.69, 9.17) is 0 Å². The summed E-state index contributed by atoms with van der Waals surface area (Å²) in [6.07, 6.45) is 3.12. The van der Waals surface area contributed by atoms with E-state index in [1.54, 1.807) is 23.3 Å². The van der Waals surface area contributed by atoms with Crippen LogP contribution in [0.1, 0.15) is 38.1 Å². The minimum Gasteiger partial charge on any atom is -0.350 e. The van der Waals surface area contributed by atoms with Gasteiger partial charge in [-0.15, -0.1) is 21.5 Å². The Balaban J connectivity index is 1.27. The van der Waals surface area contributed by atoms with Crippen molar-refractivity contribution in [3.05, 3.63) is 118 Å². The van der Waals surface area contributed by atoms with Gasteiger partial charge < -0.3 is 5.32 Å². The molecule has 0 aliphatic carbocycles. The first-order valence-electron chi connectivity index (χ1n) is 12.0. The minimum atomic E-state index is -0.170. The molecule has 0 aliphatic heterocycles. The SMILES string of the molecule is Cc1ccccc1-n1c(Cc2ccccc2)nnc1SCc1nc(C(=O)NCCc2ccccn2)cs1. The summed E-state index contributed by atoms with van der Waals surface area (Å²) in [5.74, 6) is 1.31. The Hall–Kier alpha value is -3.82. The quantitative estimate of drug-likeness (QED) is 0.249. The lowest BCUT2D eigenvalue weighted by Gasteiger charge is -2.12. The second kappa shape index (κ2) is 11.9. The van der Waals surface area contributed by atoms with Gasteiger partial charge in [-0.05, 0) is 36.2 Å². The van der Waals surface area contributed by atoms with Gasteiger partial charge in [-0.1, -0.05) is 66.4 Å². The molecular weight excluding hydrogens is 500 g/mol. The highest BCUT2D eigenvalue weighted by atomic mass is 32.2. The van der Waals surface area contributed by atoms with Crippen LogP contribution in [0.15, 0.2) is 89.5 Å². The number of hydrogen-bond acceptors (Lipinski definition) is 7. The molecule has 5 aromatic rings. The molecule has 0 atom stereocenters. The van der Waals surface area contributed by atoms with E-state index in [2.05, 4.69) is 61.2 Å². The zero-order valence-electron chi connectivity index (χ0n) is 20.4. The standard InChI is InChI=1S/C28H26N6OS2/c1-20-9-5-6-13-24(20)34-25(17-21-10-3-2-4-11-21)32-33-28(34)37-19-26-31-23(18-36-26)27(35)30-16-14-22-12-7-8-15-29-22/h2-13,15,18H,14,16-17,19H2,1H3,(H,30,35). The molecule has 7 nitrogen and oxygen atoms in total. The van der Waals surface area contributed by atoms with Crippen molar-refractivity contribution in [2.75, 3.05) is 6.54 Å². The third kappa shape index (κ3) is 6.31. The zero-order chi connectivity index (χ0) is 25.5. The van der Waals surface area contributed by atoms with Crippen LogP contribution in [0.25, 0.3) is 5.69 Å². The van der Waals surface area contributed by atoms with Crippen LogP contribution >= 0.6 is 23.1 Å². The van der Waals surface area contributed by atoms with Gasteiger partial charge in [0.15, 0.2) is 5.16 Å². The number of nitrogens with one attached hydrogen (secondary N) is 1. The molecule has 9 heteroatoms. The highest BCUT2D eigenvalue weighted by molar-refractivity contribution is 7.98. The second-order valence-electron chi connectivity index (χ2n) is 8.43. The number of carbonyl (C=O) groups is 1. The predicted molar refractivity (Wildman–Crippen MR) is 147 cm³/mol. The molecule has 1 amide bonds. The number of benzene rings is 2. The molecule has 186 valence electrons. The molecule has 0 saturated carbocycles. The lowest BCUT2D eigenvalue weighted by Crippen LogP contribution is -2.26. The van der Waals surface area contributed by atoms with E-state index in [1.807, 2.05) is 48.5 Å². The number of para-hydroxylation sites is 1. The maximum atomic E-state index is 12.6. The van der Waals surface area contributed by atoms with E-state index in [1.165, 1.54) is 16.9 Å². The molecule has 0 spiro atoms. The Bertz CT molecular complexity index is 1470. The van der Waals surface area contributed by atoms with Gasteiger partial charge in [-0.2, -0.15) is 0 Å². The molecule has 0 bridgehead atoms. The summed E-state index contributed by atoms with van der Waals surface area (Å²) >= 11 is 3.05. The van der Waals surface area contributed by atoms with E-state index in [-0.39, 0.29) is 5.91 Å². The number of amides is 1. The van der Waals surface area contributed by atoms with Crippen LogP contribution in [0.2, 0.25) is 0 Å². The molecule has 3 heterocycles. The van der Waals surface area contributed by atoms with Crippen molar-refractivity contribution in [1.29, 1.82) is 0 Å². The number of aryl methyl sites for hydroxylation is 1. The molecule has 3 aromatic heterocycles. The average molecular weight is 527 g/mol. The van der Waals surface area contributed by atoms with Gasteiger partial charge in [0.2, 0.25) is 0 Å². The van der Waals surface area contributed by atoms with Gasteiger partial charge in [-0.25, -0.2) is 4.98 Å². The largest absolute Gasteiger partial charge is 0.350 e. The van der Waals surface area contributed by atoms with Crippen LogP contribution < -0.4 is 5.32 Å². The van der Waals surface area contributed by atoms with Gasteiger partial charge in [0.05, 0.1) is 11.4 Å².